The molecular formula is C15H23NO2. The van der Waals surface area contributed by atoms with Gasteiger partial charge in [-0.15, -0.1) is 0 Å². The molecule has 0 amide bonds. The standard InChI is InChI=1S/C15H23NO2/c1-14(2,3)10-7-8-11(12(16)9-10)13(17)18-15(4,5)6/h7-9H,16H2,1-6H3. The molecule has 0 atom stereocenters. The second kappa shape index (κ2) is 4.63. The van der Waals surface area contributed by atoms with Crippen LogP contribution in [-0.2, 0) is 10.2 Å². The number of anilines is 1. The van der Waals surface area contributed by atoms with E-state index in [0.717, 1.165) is 5.56 Å². The van der Waals surface area contributed by atoms with Gasteiger partial charge in [0.25, 0.3) is 0 Å². The Morgan fingerprint density at radius 3 is 2.06 bits per heavy atom. The molecule has 0 aliphatic heterocycles. The highest BCUT2D eigenvalue weighted by Crippen LogP contribution is 2.26. The van der Waals surface area contributed by atoms with Crippen LogP contribution < -0.4 is 5.73 Å². The molecule has 2 N–H and O–H groups in total. The topological polar surface area (TPSA) is 52.3 Å². The second-order valence-corrected chi connectivity index (χ2v) is 6.55. The van der Waals surface area contributed by atoms with Gasteiger partial charge in [0.05, 0.1) is 5.56 Å². The summed E-state index contributed by atoms with van der Waals surface area (Å²) >= 11 is 0. The summed E-state index contributed by atoms with van der Waals surface area (Å²) in [6.07, 6.45) is 0. The molecule has 0 spiro atoms. The van der Waals surface area contributed by atoms with Crippen molar-refractivity contribution in [1.29, 1.82) is 0 Å². The highest BCUT2D eigenvalue weighted by Gasteiger charge is 2.21. The molecule has 0 fully saturated rings. The Balaban J connectivity index is 3.03. The predicted octanol–water partition coefficient (Wildman–Crippen LogP) is 3.52. The lowest BCUT2D eigenvalue weighted by molar-refractivity contribution is 0.00708. The van der Waals surface area contributed by atoms with Crippen LogP contribution in [0.3, 0.4) is 0 Å². The summed E-state index contributed by atoms with van der Waals surface area (Å²) in [5.41, 5.74) is 7.45. The molecule has 0 aliphatic rings. The smallest absolute Gasteiger partial charge is 0.340 e. The number of benzene rings is 1. The van der Waals surface area contributed by atoms with E-state index in [2.05, 4.69) is 20.8 Å². The van der Waals surface area contributed by atoms with Gasteiger partial charge < -0.3 is 10.5 Å². The van der Waals surface area contributed by atoms with Crippen LogP contribution >= 0.6 is 0 Å². The zero-order chi connectivity index (χ0) is 14.1. The van der Waals surface area contributed by atoms with E-state index >= 15 is 0 Å². The largest absolute Gasteiger partial charge is 0.456 e. The lowest BCUT2D eigenvalue weighted by atomic mass is 9.86. The van der Waals surface area contributed by atoms with Crippen LogP contribution in [0.25, 0.3) is 0 Å². The average molecular weight is 249 g/mol. The molecule has 3 heteroatoms. The van der Waals surface area contributed by atoms with E-state index in [1.54, 1.807) is 6.07 Å². The summed E-state index contributed by atoms with van der Waals surface area (Å²) in [5, 5.41) is 0. The number of hydrogen-bond donors (Lipinski definition) is 1. The summed E-state index contributed by atoms with van der Waals surface area (Å²) in [5.74, 6) is -0.375. The molecule has 0 saturated carbocycles. The monoisotopic (exact) mass is 249 g/mol. The molecule has 0 bridgehead atoms. The van der Waals surface area contributed by atoms with Gasteiger partial charge in [-0.25, -0.2) is 4.79 Å². The minimum absolute atomic E-state index is 0.0145. The van der Waals surface area contributed by atoms with Crippen LogP contribution in [0, 0.1) is 0 Å². The molecule has 1 rings (SSSR count). The molecule has 100 valence electrons. The molecule has 0 aromatic heterocycles. The lowest BCUT2D eigenvalue weighted by Crippen LogP contribution is -2.24. The van der Waals surface area contributed by atoms with Gasteiger partial charge in [0, 0.05) is 5.69 Å². The Morgan fingerprint density at radius 1 is 1.11 bits per heavy atom. The fourth-order valence-corrected chi connectivity index (χ4v) is 1.55. The molecular weight excluding hydrogens is 226 g/mol. The van der Waals surface area contributed by atoms with Crippen molar-refractivity contribution in [2.75, 3.05) is 5.73 Å². The van der Waals surface area contributed by atoms with Crippen LogP contribution in [0.15, 0.2) is 18.2 Å². The van der Waals surface area contributed by atoms with E-state index in [-0.39, 0.29) is 11.4 Å². The van der Waals surface area contributed by atoms with Gasteiger partial charge in [-0.1, -0.05) is 26.8 Å². The third kappa shape index (κ3) is 3.76. The minimum Gasteiger partial charge on any atom is -0.456 e. The van der Waals surface area contributed by atoms with Gasteiger partial charge in [-0.3, -0.25) is 0 Å². The molecule has 0 unspecified atom stereocenters. The molecule has 0 heterocycles. The number of nitrogens with two attached hydrogens (primary N) is 1. The molecule has 18 heavy (non-hydrogen) atoms. The quantitative estimate of drug-likeness (QED) is 0.612. The van der Waals surface area contributed by atoms with Crippen molar-refractivity contribution in [3.8, 4) is 0 Å². The Hall–Kier alpha value is -1.51. The summed E-state index contributed by atoms with van der Waals surface area (Å²) in [6.45, 7) is 11.8. The maximum Gasteiger partial charge on any atom is 0.340 e. The van der Waals surface area contributed by atoms with Gasteiger partial charge in [-0.05, 0) is 43.9 Å². The highest BCUT2D eigenvalue weighted by atomic mass is 16.6. The fraction of sp³-hybridized carbons (Fsp3) is 0.533. The number of hydrogen-bond acceptors (Lipinski definition) is 3. The normalized spacial score (nSPS) is 12.3. The highest BCUT2D eigenvalue weighted by molar-refractivity contribution is 5.95. The maximum atomic E-state index is 11.9. The molecule has 3 nitrogen and oxygen atoms in total. The van der Waals surface area contributed by atoms with E-state index < -0.39 is 5.60 Å². The fourth-order valence-electron chi connectivity index (χ4n) is 1.55. The van der Waals surface area contributed by atoms with Crippen molar-refractivity contribution in [3.63, 3.8) is 0 Å². The SMILES string of the molecule is CC(C)(C)OC(=O)c1ccc(C(C)(C)C)cc1N. The van der Waals surface area contributed by atoms with E-state index in [9.17, 15) is 4.79 Å². The Morgan fingerprint density at radius 2 is 1.67 bits per heavy atom. The lowest BCUT2D eigenvalue weighted by Gasteiger charge is -2.22. The Labute approximate surface area is 109 Å². The van der Waals surface area contributed by atoms with Crippen molar-refractivity contribution in [2.45, 2.75) is 52.6 Å². The van der Waals surface area contributed by atoms with Crippen molar-refractivity contribution in [3.05, 3.63) is 29.3 Å². The second-order valence-electron chi connectivity index (χ2n) is 6.55. The molecule has 1 aromatic rings. The third-order valence-corrected chi connectivity index (χ3v) is 2.54. The van der Waals surface area contributed by atoms with Crippen molar-refractivity contribution < 1.29 is 9.53 Å². The summed E-state index contributed by atoms with van der Waals surface area (Å²) in [6, 6.07) is 5.51. The van der Waals surface area contributed by atoms with Crippen molar-refractivity contribution >= 4 is 11.7 Å². The first-order valence-corrected chi connectivity index (χ1v) is 6.14. The zero-order valence-electron chi connectivity index (χ0n) is 12.1. The van der Waals surface area contributed by atoms with Gasteiger partial charge in [0.15, 0.2) is 0 Å². The van der Waals surface area contributed by atoms with Crippen molar-refractivity contribution in [2.24, 2.45) is 0 Å². The minimum atomic E-state index is -0.508. The first-order chi connectivity index (χ1) is 8.00. The van der Waals surface area contributed by atoms with E-state index in [0.29, 0.717) is 11.3 Å². The Bertz CT molecular complexity index is 451. The molecule has 0 radical (unpaired) electrons. The number of carbonyl (C=O) groups is 1. The first kappa shape index (κ1) is 14.6. The van der Waals surface area contributed by atoms with E-state index in [1.165, 1.54) is 0 Å². The van der Waals surface area contributed by atoms with Crippen molar-refractivity contribution in [1.82, 2.24) is 0 Å². The van der Waals surface area contributed by atoms with Gasteiger partial charge in [0.1, 0.15) is 5.60 Å². The van der Waals surface area contributed by atoms with Crippen LogP contribution in [0.4, 0.5) is 5.69 Å². The Kier molecular flexibility index (Phi) is 3.75. The average Bonchev–Trinajstić information content (AvgIpc) is 2.12. The molecule has 0 saturated heterocycles. The summed E-state index contributed by atoms with van der Waals surface area (Å²) in [7, 11) is 0. The van der Waals surface area contributed by atoms with Gasteiger partial charge >= 0.3 is 5.97 Å². The van der Waals surface area contributed by atoms with Gasteiger partial charge in [0.2, 0.25) is 0 Å². The summed E-state index contributed by atoms with van der Waals surface area (Å²) in [4.78, 5) is 11.9. The van der Waals surface area contributed by atoms with Crippen LogP contribution in [0.1, 0.15) is 57.5 Å². The van der Waals surface area contributed by atoms with Crippen LogP contribution in [-0.4, -0.2) is 11.6 Å². The third-order valence-electron chi connectivity index (χ3n) is 2.54. The maximum absolute atomic E-state index is 11.9. The van der Waals surface area contributed by atoms with E-state index in [4.69, 9.17) is 10.5 Å². The molecule has 1 aromatic carbocycles. The number of nitrogen functional groups attached to an aromatic ring is 1. The van der Waals surface area contributed by atoms with Gasteiger partial charge in [-0.2, -0.15) is 0 Å². The van der Waals surface area contributed by atoms with E-state index in [1.807, 2.05) is 32.9 Å². The predicted molar refractivity (Wildman–Crippen MR) is 74.7 cm³/mol. The van der Waals surface area contributed by atoms with Crippen LogP contribution in [0.5, 0.6) is 0 Å². The number of rotatable bonds is 1. The number of ether oxygens (including phenoxy) is 1. The molecule has 0 aliphatic carbocycles. The first-order valence-electron chi connectivity index (χ1n) is 6.14. The number of carbonyl (C=O) groups excluding carboxylic acids is 1. The summed E-state index contributed by atoms with van der Waals surface area (Å²) < 4.78 is 5.31. The zero-order valence-corrected chi connectivity index (χ0v) is 12.1. The number of esters is 1. The van der Waals surface area contributed by atoms with Crippen LogP contribution in [0.2, 0.25) is 0 Å².